The first-order valence-electron chi connectivity index (χ1n) is 7.41. The van der Waals surface area contributed by atoms with Gasteiger partial charge in [0.05, 0.1) is 4.92 Å². The number of carboxylic acid groups (broad SMARTS) is 1. The lowest BCUT2D eigenvalue weighted by atomic mass is 9.96. The molecule has 0 bridgehead atoms. The van der Waals surface area contributed by atoms with E-state index in [1.165, 1.54) is 40.9 Å². The van der Waals surface area contributed by atoms with Crippen LogP contribution >= 0.6 is 35.0 Å². The summed E-state index contributed by atoms with van der Waals surface area (Å²) in [5.74, 6) is -1.74. The second-order valence-electron chi connectivity index (χ2n) is 6.41. The quantitative estimate of drug-likeness (QED) is 0.201. The van der Waals surface area contributed by atoms with Crippen LogP contribution in [0.1, 0.15) is 19.4 Å². The lowest BCUT2D eigenvalue weighted by molar-refractivity contribution is -0.384. The molecule has 8 nitrogen and oxygen atoms in total. The minimum atomic E-state index is -1.70. The molecule has 0 radical (unpaired) electrons. The van der Waals surface area contributed by atoms with Crippen LogP contribution in [0.3, 0.4) is 0 Å². The second-order valence-corrected chi connectivity index (χ2v) is 9.08. The number of alkyl halides is 1. The van der Waals surface area contributed by atoms with E-state index in [1.807, 2.05) is 0 Å². The second kappa shape index (κ2) is 6.11. The van der Waals surface area contributed by atoms with Gasteiger partial charge in [-0.25, -0.2) is 9.79 Å². The molecule has 11 heteroatoms. The third kappa shape index (κ3) is 2.74. The van der Waals surface area contributed by atoms with Gasteiger partial charge in [-0.15, -0.1) is 11.8 Å². The van der Waals surface area contributed by atoms with Crippen LogP contribution in [0, 0.1) is 10.1 Å². The van der Waals surface area contributed by atoms with Gasteiger partial charge in [-0.2, -0.15) is 0 Å². The van der Waals surface area contributed by atoms with Crippen LogP contribution in [0.2, 0.25) is 0 Å². The van der Waals surface area contributed by atoms with E-state index in [1.54, 1.807) is 13.8 Å². The number of aliphatic imine (C=N–C) groups is 1. The smallest absolute Gasteiger partial charge is 0.327 e. The van der Waals surface area contributed by atoms with Crippen LogP contribution in [0.15, 0.2) is 29.3 Å². The molecule has 2 aliphatic rings. The topological polar surface area (TPSA) is 113 Å². The van der Waals surface area contributed by atoms with Crippen LogP contribution in [-0.2, 0) is 9.59 Å². The highest BCUT2D eigenvalue weighted by Gasteiger charge is 2.71. The number of benzene rings is 1. The minimum absolute atomic E-state index is 0.0833. The molecule has 1 aromatic rings. The fourth-order valence-electron chi connectivity index (χ4n) is 3.03. The summed E-state index contributed by atoms with van der Waals surface area (Å²) in [5.41, 5.74) is 0.252. The van der Waals surface area contributed by atoms with Gasteiger partial charge in [-0.05, 0) is 26.0 Å². The number of fused-ring (bicyclic) bond motifs is 1. The number of nitro groups is 1. The number of nitrogens with zero attached hydrogens (tertiary/aromatic N) is 3. The van der Waals surface area contributed by atoms with Gasteiger partial charge in [0.2, 0.25) is 5.00 Å². The van der Waals surface area contributed by atoms with Crippen LogP contribution in [0.4, 0.5) is 5.69 Å². The summed E-state index contributed by atoms with van der Waals surface area (Å²) < 4.78 is -0.738. The maximum Gasteiger partial charge on any atom is 0.327 e. The number of thioether (sulfide) groups is 1. The number of carbonyl (C=O) groups is 2. The normalized spacial score (nSPS) is 29.9. The Labute approximate surface area is 162 Å². The van der Waals surface area contributed by atoms with E-state index in [4.69, 9.17) is 23.2 Å². The van der Waals surface area contributed by atoms with E-state index in [9.17, 15) is 24.8 Å². The Bertz CT molecular complexity index is 844. The highest BCUT2D eigenvalue weighted by Crippen LogP contribution is 2.57. The molecule has 1 aromatic carbocycles. The molecular weight excluding hydrogens is 405 g/mol. The molecule has 1 unspecified atom stereocenters. The Morgan fingerprint density at radius 2 is 1.96 bits per heavy atom. The number of hydrogen-bond acceptors (Lipinski definition) is 6. The maximum atomic E-state index is 12.5. The zero-order chi connectivity index (χ0) is 19.4. The Balaban J connectivity index is 1.90. The largest absolute Gasteiger partial charge is 0.480 e. The summed E-state index contributed by atoms with van der Waals surface area (Å²) in [7, 11) is 0. The number of non-ortho nitro benzene ring substituents is 1. The number of carboxylic acids is 1. The van der Waals surface area contributed by atoms with Crippen molar-refractivity contribution in [2.45, 2.75) is 35.0 Å². The monoisotopic (exact) mass is 417 g/mol. The first kappa shape index (κ1) is 18.9. The molecule has 2 aliphatic heterocycles. The zero-order valence-electron chi connectivity index (χ0n) is 13.6. The molecule has 2 fully saturated rings. The highest BCUT2D eigenvalue weighted by molar-refractivity contribution is 8.01. The number of aliphatic carboxylic acids is 1. The van der Waals surface area contributed by atoms with Crippen molar-refractivity contribution in [3.63, 3.8) is 0 Å². The van der Waals surface area contributed by atoms with Gasteiger partial charge in [-0.3, -0.25) is 14.9 Å². The summed E-state index contributed by atoms with van der Waals surface area (Å²) in [4.78, 5) is 37.8. The first-order chi connectivity index (χ1) is 12.0. The molecule has 0 spiro atoms. The lowest BCUT2D eigenvalue weighted by Crippen LogP contribution is -2.70. The Hall–Kier alpha value is -1.84. The highest BCUT2D eigenvalue weighted by atomic mass is 35.5. The van der Waals surface area contributed by atoms with Crippen molar-refractivity contribution < 1.29 is 19.6 Å². The Kier molecular flexibility index (Phi) is 4.45. The van der Waals surface area contributed by atoms with Crippen molar-refractivity contribution in [1.82, 2.24) is 4.90 Å². The SMILES string of the molecule is CC1(C)S[C@H]2N(C(=O)C2(Cl)N=C(Cl)c2ccc([N+](=O)[O-])cc2)[C@H]1C(=O)O. The molecule has 1 N–H and O–H groups in total. The molecule has 138 valence electrons. The average molecular weight is 418 g/mol. The van der Waals surface area contributed by atoms with E-state index < -0.39 is 38.0 Å². The lowest BCUT2D eigenvalue weighted by Gasteiger charge is -2.46. The van der Waals surface area contributed by atoms with Crippen LogP contribution in [-0.4, -0.2) is 53.1 Å². The van der Waals surface area contributed by atoms with Crippen LogP contribution in [0.5, 0.6) is 0 Å². The number of β-lactam (4-membered cyclic amide) rings is 1. The fraction of sp³-hybridized carbons (Fsp3) is 0.400. The summed E-state index contributed by atoms with van der Waals surface area (Å²) >= 11 is 13.8. The van der Waals surface area contributed by atoms with Gasteiger partial charge in [0.25, 0.3) is 11.6 Å². The maximum absolute atomic E-state index is 12.5. The van der Waals surface area contributed by atoms with E-state index in [0.717, 1.165) is 0 Å². The molecule has 0 aromatic heterocycles. The van der Waals surface area contributed by atoms with Gasteiger partial charge < -0.3 is 10.0 Å². The third-order valence-electron chi connectivity index (χ3n) is 4.28. The van der Waals surface area contributed by atoms with Crippen molar-refractivity contribution in [3.05, 3.63) is 39.9 Å². The van der Waals surface area contributed by atoms with E-state index in [2.05, 4.69) is 4.99 Å². The van der Waals surface area contributed by atoms with Gasteiger partial charge in [0.1, 0.15) is 16.6 Å². The minimum Gasteiger partial charge on any atom is -0.480 e. The fourth-order valence-corrected chi connectivity index (χ4v) is 5.32. The van der Waals surface area contributed by atoms with Crippen molar-refractivity contribution >= 4 is 57.7 Å². The number of hydrogen-bond donors (Lipinski definition) is 1. The predicted octanol–water partition coefficient (Wildman–Crippen LogP) is 2.66. The molecule has 26 heavy (non-hydrogen) atoms. The van der Waals surface area contributed by atoms with Gasteiger partial charge in [0, 0.05) is 22.4 Å². The molecule has 3 rings (SSSR count). The van der Waals surface area contributed by atoms with Gasteiger partial charge >= 0.3 is 5.97 Å². The van der Waals surface area contributed by atoms with Crippen molar-refractivity contribution in [1.29, 1.82) is 0 Å². The Morgan fingerprint density at radius 3 is 2.46 bits per heavy atom. The van der Waals surface area contributed by atoms with Crippen molar-refractivity contribution in [3.8, 4) is 0 Å². The van der Waals surface area contributed by atoms with Crippen LogP contribution in [0.25, 0.3) is 0 Å². The average Bonchev–Trinajstić information content (AvgIpc) is 2.84. The third-order valence-corrected chi connectivity index (χ3v) is 6.78. The molecule has 0 saturated carbocycles. The molecule has 3 atom stereocenters. The molecule has 2 heterocycles. The number of carbonyl (C=O) groups excluding carboxylic acids is 1. The number of amides is 1. The van der Waals surface area contributed by atoms with Gasteiger partial charge in [-0.1, -0.05) is 23.2 Å². The summed E-state index contributed by atoms with van der Waals surface area (Å²) in [6.45, 7) is 3.45. The van der Waals surface area contributed by atoms with Gasteiger partial charge in [0.15, 0.2) is 0 Å². The Morgan fingerprint density at radius 1 is 1.38 bits per heavy atom. The van der Waals surface area contributed by atoms with E-state index >= 15 is 0 Å². The van der Waals surface area contributed by atoms with E-state index in [0.29, 0.717) is 5.56 Å². The van der Waals surface area contributed by atoms with Crippen molar-refractivity contribution in [2.75, 3.05) is 0 Å². The molecule has 2 saturated heterocycles. The number of halogens is 2. The summed E-state index contributed by atoms with van der Waals surface area (Å²) in [6, 6.07) is 4.31. The van der Waals surface area contributed by atoms with Crippen molar-refractivity contribution in [2.24, 2.45) is 4.99 Å². The van der Waals surface area contributed by atoms with Crippen LogP contribution < -0.4 is 0 Å². The molecule has 1 amide bonds. The number of rotatable bonds is 4. The zero-order valence-corrected chi connectivity index (χ0v) is 15.9. The summed E-state index contributed by atoms with van der Waals surface area (Å²) in [6.07, 6.45) is 0. The van der Waals surface area contributed by atoms with E-state index in [-0.39, 0.29) is 10.9 Å². The molecular formula is C15H13Cl2N3O5S. The standard InChI is InChI=1S/C15H13Cl2N3O5S/c1-14(2)9(11(21)22)19-12(23)15(17,13(19)26-14)18-10(16)7-3-5-8(6-4-7)20(24)25/h3-6,9,13H,1-2H3,(H,21,22)/t9-,13+,15?/m0/s1. The number of nitro benzene ring substituents is 1. The first-order valence-corrected chi connectivity index (χ1v) is 9.05. The molecule has 0 aliphatic carbocycles. The summed E-state index contributed by atoms with van der Waals surface area (Å²) in [5, 5.41) is 19.4. The predicted molar refractivity (Wildman–Crippen MR) is 97.8 cm³/mol.